The fourth-order valence-electron chi connectivity index (χ4n) is 2.95. The Bertz CT molecular complexity index is 327. The molecule has 5 nitrogen and oxygen atoms in total. The molecule has 0 aliphatic carbocycles. The lowest BCUT2D eigenvalue weighted by Gasteiger charge is -2.33. The molecule has 0 aromatic rings. The molecule has 3 atom stereocenters. The van der Waals surface area contributed by atoms with Gasteiger partial charge in [-0.2, -0.15) is 0 Å². The van der Waals surface area contributed by atoms with Crippen LogP contribution in [0.4, 0.5) is 0 Å². The van der Waals surface area contributed by atoms with Crippen molar-refractivity contribution in [2.45, 2.75) is 51.4 Å². The van der Waals surface area contributed by atoms with E-state index in [9.17, 15) is 4.79 Å². The zero-order chi connectivity index (χ0) is 14.0. The van der Waals surface area contributed by atoms with Crippen molar-refractivity contribution >= 4 is 5.91 Å². The Morgan fingerprint density at radius 1 is 1.58 bits per heavy atom. The number of carbonyl (C=O) groups excluding carboxylic acids is 1. The summed E-state index contributed by atoms with van der Waals surface area (Å²) < 4.78 is 11.1. The maximum absolute atomic E-state index is 12.5. The molecular weight excluding hydrogens is 244 g/mol. The highest BCUT2D eigenvalue weighted by Gasteiger charge is 2.45. The summed E-state index contributed by atoms with van der Waals surface area (Å²) in [6.07, 6.45) is 1.89. The van der Waals surface area contributed by atoms with Crippen LogP contribution in [0.2, 0.25) is 0 Å². The molecule has 2 saturated heterocycles. The normalized spacial score (nSPS) is 35.6. The zero-order valence-corrected chi connectivity index (χ0v) is 12.4. The molecule has 19 heavy (non-hydrogen) atoms. The van der Waals surface area contributed by atoms with Gasteiger partial charge in [-0.25, -0.2) is 0 Å². The van der Waals surface area contributed by atoms with E-state index >= 15 is 0 Å². The number of hydrogen-bond donors (Lipinski definition) is 1. The van der Waals surface area contributed by atoms with E-state index in [-0.39, 0.29) is 23.7 Å². The van der Waals surface area contributed by atoms with Crippen molar-refractivity contribution in [1.82, 2.24) is 10.2 Å². The lowest BCUT2D eigenvalue weighted by atomic mass is 10.0. The van der Waals surface area contributed by atoms with Crippen LogP contribution in [-0.2, 0) is 14.3 Å². The molecule has 110 valence electrons. The maximum atomic E-state index is 12.5. The number of ether oxygens (including phenoxy) is 2. The Morgan fingerprint density at radius 2 is 2.32 bits per heavy atom. The molecule has 0 spiro atoms. The number of nitrogens with one attached hydrogen (secondary N) is 1. The Labute approximate surface area is 115 Å². The smallest absolute Gasteiger partial charge is 0.241 e. The van der Waals surface area contributed by atoms with Crippen molar-refractivity contribution in [1.29, 1.82) is 0 Å². The Morgan fingerprint density at radius 3 is 2.79 bits per heavy atom. The molecule has 5 heteroatoms. The van der Waals surface area contributed by atoms with Gasteiger partial charge < -0.3 is 14.4 Å². The molecule has 2 aliphatic rings. The third-order valence-electron chi connectivity index (χ3n) is 4.31. The van der Waals surface area contributed by atoms with Gasteiger partial charge in [0.2, 0.25) is 5.91 Å². The molecule has 0 bridgehead atoms. The van der Waals surface area contributed by atoms with Gasteiger partial charge in [0.05, 0.1) is 25.4 Å². The number of rotatable bonds is 5. The van der Waals surface area contributed by atoms with Gasteiger partial charge in [-0.15, -0.1) is 0 Å². The van der Waals surface area contributed by atoms with E-state index in [0.29, 0.717) is 25.7 Å². The Kier molecular flexibility index (Phi) is 4.48. The van der Waals surface area contributed by atoms with E-state index in [1.807, 2.05) is 4.90 Å². The highest BCUT2D eigenvalue weighted by atomic mass is 16.5. The number of hydrogen-bond acceptors (Lipinski definition) is 4. The van der Waals surface area contributed by atoms with Crippen LogP contribution in [0.1, 0.15) is 33.6 Å². The summed E-state index contributed by atoms with van der Waals surface area (Å²) in [5, 5.41) is 3.44. The first-order valence-corrected chi connectivity index (χ1v) is 7.22. The van der Waals surface area contributed by atoms with Crippen LogP contribution in [0.3, 0.4) is 0 Å². The second-order valence-corrected chi connectivity index (χ2v) is 5.97. The van der Waals surface area contributed by atoms with Crippen LogP contribution in [0.15, 0.2) is 0 Å². The largest absolute Gasteiger partial charge is 0.378 e. The van der Waals surface area contributed by atoms with E-state index in [1.54, 1.807) is 7.11 Å². The summed E-state index contributed by atoms with van der Waals surface area (Å²) in [6.45, 7) is 8.18. The third-order valence-corrected chi connectivity index (χ3v) is 4.31. The van der Waals surface area contributed by atoms with E-state index in [0.717, 1.165) is 12.8 Å². The van der Waals surface area contributed by atoms with Gasteiger partial charge in [-0.1, -0.05) is 20.8 Å². The average Bonchev–Trinajstić information content (AvgIpc) is 2.97. The fraction of sp³-hybridized carbons (Fsp3) is 0.929. The maximum Gasteiger partial charge on any atom is 0.241 e. The quantitative estimate of drug-likeness (QED) is 0.809. The van der Waals surface area contributed by atoms with Gasteiger partial charge >= 0.3 is 0 Å². The summed E-state index contributed by atoms with van der Waals surface area (Å²) in [5.74, 6) is 0.509. The lowest BCUT2D eigenvalue weighted by Crippen LogP contribution is -2.49. The highest BCUT2D eigenvalue weighted by molar-refractivity contribution is 5.84. The van der Waals surface area contributed by atoms with Crippen LogP contribution in [0.5, 0.6) is 0 Å². The van der Waals surface area contributed by atoms with E-state index in [4.69, 9.17) is 9.47 Å². The average molecular weight is 270 g/mol. The molecule has 0 aromatic carbocycles. The SMILES string of the molecule is CCC1NC(C(C)C)C(=O)N1CC1(OC)CCOC1. The van der Waals surface area contributed by atoms with Crippen molar-refractivity contribution in [3.8, 4) is 0 Å². The lowest BCUT2D eigenvalue weighted by molar-refractivity contribution is -0.135. The first-order valence-electron chi connectivity index (χ1n) is 7.22. The number of methoxy groups -OCH3 is 1. The topological polar surface area (TPSA) is 50.8 Å². The van der Waals surface area contributed by atoms with Gasteiger partial charge in [0.15, 0.2) is 0 Å². The summed E-state index contributed by atoms with van der Waals surface area (Å²) in [7, 11) is 1.71. The second kappa shape index (κ2) is 5.77. The summed E-state index contributed by atoms with van der Waals surface area (Å²) in [6, 6.07) is -0.0684. The number of nitrogens with zero attached hydrogens (tertiary/aromatic N) is 1. The molecule has 0 radical (unpaired) electrons. The first-order chi connectivity index (χ1) is 9.03. The fourth-order valence-corrected chi connectivity index (χ4v) is 2.95. The molecule has 0 saturated carbocycles. The monoisotopic (exact) mass is 270 g/mol. The van der Waals surface area contributed by atoms with Crippen LogP contribution in [0, 0.1) is 5.92 Å². The van der Waals surface area contributed by atoms with Crippen LogP contribution in [0.25, 0.3) is 0 Å². The van der Waals surface area contributed by atoms with Crippen molar-refractivity contribution in [2.24, 2.45) is 5.92 Å². The summed E-state index contributed by atoms with van der Waals surface area (Å²) in [4.78, 5) is 14.5. The van der Waals surface area contributed by atoms with Gasteiger partial charge in [-0.3, -0.25) is 10.1 Å². The van der Waals surface area contributed by atoms with Crippen LogP contribution < -0.4 is 5.32 Å². The Balaban J connectivity index is 2.11. The number of amides is 1. The van der Waals surface area contributed by atoms with Gasteiger partial charge in [0.1, 0.15) is 5.60 Å². The Hall–Kier alpha value is -0.650. The van der Waals surface area contributed by atoms with Gasteiger partial charge in [0, 0.05) is 20.1 Å². The predicted octanol–water partition coefficient (Wildman–Crippen LogP) is 0.984. The minimum Gasteiger partial charge on any atom is -0.378 e. The minimum absolute atomic E-state index is 0.0684. The molecule has 3 unspecified atom stereocenters. The van der Waals surface area contributed by atoms with E-state index in [2.05, 4.69) is 26.1 Å². The second-order valence-electron chi connectivity index (χ2n) is 5.97. The van der Waals surface area contributed by atoms with Crippen molar-refractivity contribution in [3.05, 3.63) is 0 Å². The van der Waals surface area contributed by atoms with Crippen LogP contribution >= 0.6 is 0 Å². The third kappa shape index (κ3) is 2.78. The van der Waals surface area contributed by atoms with Crippen molar-refractivity contribution in [3.63, 3.8) is 0 Å². The minimum atomic E-state index is -0.323. The standard InChI is InChI=1S/C14H26N2O3/c1-5-11-15-12(10(2)3)13(17)16(11)8-14(18-4)6-7-19-9-14/h10-12,15H,5-9H2,1-4H3. The van der Waals surface area contributed by atoms with Gasteiger partial charge in [0.25, 0.3) is 0 Å². The summed E-state index contributed by atoms with van der Waals surface area (Å²) >= 11 is 0. The molecule has 2 fully saturated rings. The first kappa shape index (κ1) is 14.8. The molecule has 1 N–H and O–H groups in total. The predicted molar refractivity (Wildman–Crippen MR) is 72.7 cm³/mol. The van der Waals surface area contributed by atoms with Crippen LogP contribution in [-0.4, -0.2) is 55.5 Å². The molecule has 2 rings (SSSR count). The van der Waals surface area contributed by atoms with Gasteiger partial charge in [-0.05, 0) is 12.3 Å². The molecule has 2 aliphatic heterocycles. The number of carbonyl (C=O) groups is 1. The molecule has 0 aromatic heterocycles. The molecular formula is C14H26N2O3. The van der Waals surface area contributed by atoms with E-state index < -0.39 is 0 Å². The molecule has 2 heterocycles. The van der Waals surface area contributed by atoms with Crippen molar-refractivity contribution < 1.29 is 14.3 Å². The van der Waals surface area contributed by atoms with Crippen molar-refractivity contribution in [2.75, 3.05) is 26.9 Å². The summed E-state index contributed by atoms with van der Waals surface area (Å²) in [5.41, 5.74) is -0.323. The zero-order valence-electron chi connectivity index (χ0n) is 12.4. The molecule has 1 amide bonds. The highest BCUT2D eigenvalue weighted by Crippen LogP contribution is 2.28. The van der Waals surface area contributed by atoms with E-state index in [1.165, 1.54) is 0 Å².